The van der Waals surface area contributed by atoms with Gasteiger partial charge in [0, 0.05) is 31.7 Å². The number of benzene rings is 1. The van der Waals surface area contributed by atoms with E-state index >= 15 is 0 Å². The molecular weight excluding hydrogens is 274 g/mol. The third-order valence-corrected chi connectivity index (χ3v) is 3.74. The number of likely N-dealkylation sites (N-methyl/N-ethyl adjacent to an activating group) is 1. The molecule has 4 nitrogen and oxygen atoms in total. The van der Waals surface area contributed by atoms with E-state index in [0.29, 0.717) is 6.42 Å². The molecule has 0 aromatic heterocycles. The summed E-state index contributed by atoms with van der Waals surface area (Å²) in [4.78, 5) is 16.5. The molecule has 1 aliphatic heterocycles. The van der Waals surface area contributed by atoms with Crippen LogP contribution in [0.25, 0.3) is 0 Å². The first-order chi connectivity index (χ1) is 9.16. The van der Waals surface area contributed by atoms with Crippen molar-refractivity contribution in [3.8, 4) is 0 Å². The van der Waals surface area contributed by atoms with Crippen molar-refractivity contribution >= 4 is 24.0 Å². The fraction of sp³-hybridized carbons (Fsp3) is 0.533. The second kappa shape index (κ2) is 8.12. The number of halogens is 1. The van der Waals surface area contributed by atoms with Crippen molar-refractivity contribution in [2.45, 2.75) is 19.3 Å². The van der Waals surface area contributed by atoms with E-state index in [4.69, 9.17) is 5.73 Å². The average molecular weight is 298 g/mol. The number of nitrogens with two attached hydrogens (primary N) is 1. The number of amides is 1. The van der Waals surface area contributed by atoms with E-state index in [9.17, 15) is 4.79 Å². The van der Waals surface area contributed by atoms with Crippen LogP contribution in [0.2, 0.25) is 0 Å². The first-order valence-corrected chi connectivity index (χ1v) is 6.96. The minimum Gasteiger partial charge on any atom is -0.399 e. The lowest BCUT2D eigenvalue weighted by Crippen LogP contribution is -2.34. The highest BCUT2D eigenvalue weighted by Gasteiger charge is 2.17. The molecule has 2 N–H and O–H groups in total. The van der Waals surface area contributed by atoms with Gasteiger partial charge in [0.1, 0.15) is 0 Å². The Hall–Kier alpha value is -1.26. The summed E-state index contributed by atoms with van der Waals surface area (Å²) >= 11 is 0. The average Bonchev–Trinajstić information content (AvgIpc) is 2.62. The molecule has 1 saturated heterocycles. The summed E-state index contributed by atoms with van der Waals surface area (Å²) in [5, 5.41) is 0. The molecule has 0 aliphatic carbocycles. The molecule has 1 aromatic carbocycles. The molecule has 0 unspecified atom stereocenters. The number of aryl methyl sites for hydroxylation is 1. The summed E-state index contributed by atoms with van der Waals surface area (Å²) in [5.41, 5.74) is 7.75. The highest BCUT2D eigenvalue weighted by atomic mass is 35.5. The van der Waals surface area contributed by atoms with Crippen LogP contribution in [0, 0.1) is 0 Å². The van der Waals surface area contributed by atoms with Gasteiger partial charge in [0.15, 0.2) is 0 Å². The molecule has 0 spiro atoms. The Bertz CT molecular complexity index is 439. The van der Waals surface area contributed by atoms with Crippen LogP contribution in [0.5, 0.6) is 0 Å². The quantitative estimate of drug-likeness (QED) is 0.865. The Balaban J connectivity index is 0.00000200. The van der Waals surface area contributed by atoms with E-state index in [-0.39, 0.29) is 18.3 Å². The second-order valence-corrected chi connectivity index (χ2v) is 5.24. The lowest BCUT2D eigenvalue weighted by atomic mass is 10.1. The van der Waals surface area contributed by atoms with Crippen molar-refractivity contribution in [3.05, 3.63) is 29.8 Å². The topological polar surface area (TPSA) is 49.6 Å². The fourth-order valence-electron chi connectivity index (χ4n) is 2.46. The van der Waals surface area contributed by atoms with Gasteiger partial charge in [0.2, 0.25) is 5.91 Å². The Labute approximate surface area is 127 Å². The smallest absolute Gasteiger partial charge is 0.222 e. The van der Waals surface area contributed by atoms with E-state index in [2.05, 4.69) is 11.9 Å². The lowest BCUT2D eigenvalue weighted by Gasteiger charge is -2.20. The second-order valence-electron chi connectivity index (χ2n) is 5.24. The first kappa shape index (κ1) is 16.8. The van der Waals surface area contributed by atoms with Gasteiger partial charge in [-0.05, 0) is 38.1 Å². The van der Waals surface area contributed by atoms with Crippen LogP contribution in [0.3, 0.4) is 0 Å². The number of carbonyl (C=O) groups excluding carboxylic acids is 1. The summed E-state index contributed by atoms with van der Waals surface area (Å²) in [6.07, 6.45) is 2.35. The van der Waals surface area contributed by atoms with Gasteiger partial charge in [-0.15, -0.1) is 12.4 Å². The molecule has 1 aliphatic rings. The van der Waals surface area contributed by atoms with Gasteiger partial charge in [-0.25, -0.2) is 0 Å². The highest BCUT2D eigenvalue weighted by Crippen LogP contribution is 2.14. The monoisotopic (exact) mass is 297 g/mol. The number of hydrogen-bond acceptors (Lipinski definition) is 3. The third kappa shape index (κ3) is 4.69. The molecule has 1 heterocycles. The summed E-state index contributed by atoms with van der Waals surface area (Å²) in [7, 11) is 2.11. The lowest BCUT2D eigenvalue weighted by molar-refractivity contribution is -0.131. The molecule has 0 saturated carbocycles. The molecule has 0 bridgehead atoms. The molecule has 1 aromatic rings. The van der Waals surface area contributed by atoms with Crippen molar-refractivity contribution in [2.75, 3.05) is 39.0 Å². The number of para-hydroxylation sites is 1. The Morgan fingerprint density at radius 2 is 1.95 bits per heavy atom. The number of rotatable bonds is 3. The normalized spacial score (nSPS) is 16.4. The van der Waals surface area contributed by atoms with E-state index in [1.807, 2.05) is 29.2 Å². The van der Waals surface area contributed by atoms with E-state index in [1.165, 1.54) is 0 Å². The minimum absolute atomic E-state index is 0. The van der Waals surface area contributed by atoms with Crippen molar-refractivity contribution in [1.82, 2.24) is 9.80 Å². The molecule has 112 valence electrons. The summed E-state index contributed by atoms with van der Waals surface area (Å²) in [6.45, 7) is 3.78. The van der Waals surface area contributed by atoms with Crippen molar-refractivity contribution in [3.63, 3.8) is 0 Å². The van der Waals surface area contributed by atoms with Gasteiger partial charge in [0.05, 0.1) is 0 Å². The fourth-order valence-corrected chi connectivity index (χ4v) is 2.46. The van der Waals surface area contributed by atoms with Crippen LogP contribution in [-0.2, 0) is 11.2 Å². The van der Waals surface area contributed by atoms with Crippen LogP contribution in [0.15, 0.2) is 24.3 Å². The maximum Gasteiger partial charge on any atom is 0.222 e. The first-order valence-electron chi connectivity index (χ1n) is 6.96. The predicted octanol–water partition coefficient (Wildman–Crippen LogP) is 1.79. The van der Waals surface area contributed by atoms with Gasteiger partial charge >= 0.3 is 0 Å². The zero-order valence-corrected chi connectivity index (χ0v) is 12.9. The maximum absolute atomic E-state index is 12.2. The molecule has 1 amide bonds. The van der Waals surface area contributed by atoms with Crippen LogP contribution in [0.4, 0.5) is 5.69 Å². The molecular formula is C15H24ClN3O. The Morgan fingerprint density at radius 1 is 1.20 bits per heavy atom. The maximum atomic E-state index is 12.2. The molecule has 2 rings (SSSR count). The predicted molar refractivity (Wildman–Crippen MR) is 85.1 cm³/mol. The van der Waals surface area contributed by atoms with Gasteiger partial charge in [-0.2, -0.15) is 0 Å². The number of anilines is 1. The molecule has 0 atom stereocenters. The molecule has 20 heavy (non-hydrogen) atoms. The van der Waals surface area contributed by atoms with E-state index in [1.54, 1.807) is 0 Å². The SMILES string of the molecule is CN1CCCN(C(=O)CCc2ccccc2N)CC1.Cl. The van der Waals surface area contributed by atoms with Crippen molar-refractivity contribution < 1.29 is 4.79 Å². The van der Waals surface area contributed by atoms with Crippen LogP contribution in [-0.4, -0.2) is 48.9 Å². The van der Waals surface area contributed by atoms with Crippen LogP contribution in [0.1, 0.15) is 18.4 Å². The van der Waals surface area contributed by atoms with Crippen LogP contribution < -0.4 is 5.73 Å². The molecule has 5 heteroatoms. The van der Waals surface area contributed by atoms with Gasteiger partial charge in [0.25, 0.3) is 0 Å². The Morgan fingerprint density at radius 3 is 2.70 bits per heavy atom. The van der Waals surface area contributed by atoms with Crippen molar-refractivity contribution in [1.29, 1.82) is 0 Å². The van der Waals surface area contributed by atoms with Gasteiger partial charge in [-0.1, -0.05) is 18.2 Å². The zero-order valence-electron chi connectivity index (χ0n) is 12.0. The van der Waals surface area contributed by atoms with E-state index in [0.717, 1.165) is 50.3 Å². The van der Waals surface area contributed by atoms with Crippen molar-refractivity contribution in [2.24, 2.45) is 0 Å². The van der Waals surface area contributed by atoms with E-state index < -0.39 is 0 Å². The number of carbonyl (C=O) groups is 1. The Kier molecular flexibility index (Phi) is 6.82. The summed E-state index contributed by atoms with van der Waals surface area (Å²) < 4.78 is 0. The third-order valence-electron chi connectivity index (χ3n) is 3.74. The molecule has 0 radical (unpaired) electrons. The standard InChI is InChI=1S/C15H23N3O.ClH/c1-17-9-4-10-18(12-11-17)15(19)8-7-13-5-2-3-6-14(13)16;/h2-3,5-6H,4,7-12,16H2,1H3;1H. The largest absolute Gasteiger partial charge is 0.399 e. The highest BCUT2D eigenvalue weighted by molar-refractivity contribution is 5.85. The van der Waals surface area contributed by atoms with Gasteiger partial charge in [-0.3, -0.25) is 4.79 Å². The van der Waals surface area contributed by atoms with Gasteiger partial charge < -0.3 is 15.5 Å². The summed E-state index contributed by atoms with van der Waals surface area (Å²) in [6, 6.07) is 7.78. The number of nitrogens with zero attached hydrogens (tertiary/aromatic N) is 2. The minimum atomic E-state index is 0. The zero-order chi connectivity index (χ0) is 13.7. The summed E-state index contributed by atoms with van der Waals surface area (Å²) in [5.74, 6) is 0.249. The van der Waals surface area contributed by atoms with Crippen LogP contribution >= 0.6 is 12.4 Å². The molecule has 1 fully saturated rings. The number of nitrogen functional groups attached to an aromatic ring is 1. The number of hydrogen-bond donors (Lipinski definition) is 1.